The first kappa shape index (κ1) is 32.2. The molecule has 0 radical (unpaired) electrons. The average molecular weight is 679 g/mol. The molecular weight excluding hydrogens is 641 g/mol. The molecule has 0 aliphatic heterocycles. The SMILES string of the molecule is C\C=C(/C=C\C=C(/C)c1c2ccccc2c(-c2ccc3ccccc3c2)c2ccccc12)n1c(-c2cccc(-c3ccccc3)c2)nc2ccccc21. The van der Waals surface area contributed by atoms with Gasteiger partial charge in [0.1, 0.15) is 5.82 Å². The number of allylic oxidation sites excluding steroid dienone is 6. The molecule has 53 heavy (non-hydrogen) atoms. The van der Waals surface area contributed by atoms with Crippen LogP contribution in [0.1, 0.15) is 19.4 Å². The lowest BCUT2D eigenvalue weighted by Crippen LogP contribution is -1.98. The van der Waals surface area contributed by atoms with Crippen LogP contribution in [-0.2, 0) is 0 Å². The number of nitrogens with zero attached hydrogens (tertiary/aromatic N) is 2. The zero-order chi connectivity index (χ0) is 35.7. The van der Waals surface area contributed by atoms with E-state index in [0.29, 0.717) is 0 Å². The molecule has 0 aliphatic rings. The summed E-state index contributed by atoms with van der Waals surface area (Å²) in [6.45, 7) is 4.33. The van der Waals surface area contributed by atoms with Gasteiger partial charge in [0.15, 0.2) is 0 Å². The molecule has 0 unspecified atom stereocenters. The second-order valence-electron chi connectivity index (χ2n) is 13.5. The molecule has 0 N–H and O–H groups in total. The standard InChI is InChI=1S/C51H38N2/c1-3-42(53-48-30-14-13-29-47(48)52-51(53)41-23-16-22-39(34-41)36-18-5-4-6-19-36)24-15-17-35(2)49-43-25-9-11-27-45(43)50(46-28-12-10-26-44(46)49)40-32-31-37-20-7-8-21-38(37)33-40/h3-34H,1-2H3/b24-15-,35-17+,42-3+. The van der Waals surface area contributed by atoms with Gasteiger partial charge in [-0.15, -0.1) is 0 Å². The highest BCUT2D eigenvalue weighted by atomic mass is 15.1. The quantitative estimate of drug-likeness (QED) is 0.121. The van der Waals surface area contributed by atoms with Crippen molar-refractivity contribution in [3.05, 3.63) is 200 Å². The van der Waals surface area contributed by atoms with Gasteiger partial charge in [-0.25, -0.2) is 4.98 Å². The maximum atomic E-state index is 5.17. The number of rotatable bonds is 7. The summed E-state index contributed by atoms with van der Waals surface area (Å²) in [4.78, 5) is 5.17. The molecule has 2 nitrogen and oxygen atoms in total. The summed E-state index contributed by atoms with van der Waals surface area (Å²) in [5.41, 5.74) is 11.5. The fourth-order valence-electron chi connectivity index (χ4n) is 7.83. The van der Waals surface area contributed by atoms with E-state index in [0.717, 1.165) is 28.1 Å². The van der Waals surface area contributed by atoms with Crippen molar-refractivity contribution in [2.24, 2.45) is 0 Å². The third-order valence-corrected chi connectivity index (χ3v) is 10.3. The predicted octanol–water partition coefficient (Wildman–Crippen LogP) is 14.0. The number of para-hydroxylation sites is 2. The highest BCUT2D eigenvalue weighted by molar-refractivity contribution is 6.19. The Labute approximate surface area is 310 Å². The van der Waals surface area contributed by atoms with Gasteiger partial charge < -0.3 is 0 Å². The lowest BCUT2D eigenvalue weighted by Gasteiger charge is -2.18. The zero-order valence-electron chi connectivity index (χ0n) is 29.9. The minimum absolute atomic E-state index is 0.920. The number of hydrogen-bond acceptors (Lipinski definition) is 1. The summed E-state index contributed by atoms with van der Waals surface area (Å²) in [7, 11) is 0. The first-order valence-corrected chi connectivity index (χ1v) is 18.3. The first-order valence-electron chi connectivity index (χ1n) is 18.3. The Balaban J connectivity index is 1.15. The first-order chi connectivity index (χ1) is 26.2. The molecule has 2 heteroatoms. The van der Waals surface area contributed by atoms with Crippen LogP contribution >= 0.6 is 0 Å². The van der Waals surface area contributed by atoms with E-state index in [4.69, 9.17) is 4.98 Å². The van der Waals surface area contributed by atoms with Crippen molar-refractivity contribution in [2.75, 3.05) is 0 Å². The second kappa shape index (κ2) is 13.7. The van der Waals surface area contributed by atoms with E-state index in [2.05, 4.69) is 213 Å². The van der Waals surface area contributed by atoms with Crippen LogP contribution in [0.15, 0.2) is 194 Å². The molecular formula is C51H38N2. The third-order valence-electron chi connectivity index (χ3n) is 10.3. The van der Waals surface area contributed by atoms with Crippen LogP contribution < -0.4 is 0 Å². The minimum Gasteiger partial charge on any atom is -0.293 e. The van der Waals surface area contributed by atoms with Crippen LogP contribution in [0, 0.1) is 0 Å². The van der Waals surface area contributed by atoms with E-state index < -0.39 is 0 Å². The van der Waals surface area contributed by atoms with Gasteiger partial charge in [-0.2, -0.15) is 0 Å². The molecule has 9 aromatic rings. The molecule has 0 atom stereocenters. The van der Waals surface area contributed by atoms with Gasteiger partial charge in [-0.3, -0.25) is 4.57 Å². The van der Waals surface area contributed by atoms with Crippen molar-refractivity contribution in [2.45, 2.75) is 13.8 Å². The summed E-state index contributed by atoms with van der Waals surface area (Å²) in [6.07, 6.45) is 8.81. The monoisotopic (exact) mass is 678 g/mol. The van der Waals surface area contributed by atoms with Gasteiger partial charge in [0.25, 0.3) is 0 Å². The van der Waals surface area contributed by atoms with Gasteiger partial charge >= 0.3 is 0 Å². The largest absolute Gasteiger partial charge is 0.293 e. The van der Waals surface area contributed by atoms with E-state index in [1.165, 1.54) is 65.7 Å². The summed E-state index contributed by atoms with van der Waals surface area (Å²) in [6, 6.07) is 60.8. The predicted molar refractivity (Wildman–Crippen MR) is 228 cm³/mol. The van der Waals surface area contributed by atoms with Gasteiger partial charge in [0.2, 0.25) is 0 Å². The molecule has 1 aromatic heterocycles. The molecule has 8 aromatic carbocycles. The van der Waals surface area contributed by atoms with Crippen molar-refractivity contribution in [3.8, 4) is 33.6 Å². The van der Waals surface area contributed by atoms with E-state index in [1.54, 1.807) is 0 Å². The fourth-order valence-corrected chi connectivity index (χ4v) is 7.83. The molecule has 0 spiro atoms. The van der Waals surface area contributed by atoms with E-state index in [1.807, 2.05) is 0 Å². The Morgan fingerprint density at radius 1 is 0.528 bits per heavy atom. The number of hydrogen-bond donors (Lipinski definition) is 0. The molecule has 9 rings (SSSR count). The molecule has 0 amide bonds. The van der Waals surface area contributed by atoms with Gasteiger partial charge in [0.05, 0.1) is 11.0 Å². The van der Waals surface area contributed by atoms with E-state index >= 15 is 0 Å². The van der Waals surface area contributed by atoms with Crippen molar-refractivity contribution >= 4 is 54.6 Å². The van der Waals surface area contributed by atoms with Crippen molar-refractivity contribution in [3.63, 3.8) is 0 Å². The third kappa shape index (κ3) is 5.85. The Hall–Kier alpha value is -6.77. The topological polar surface area (TPSA) is 17.8 Å². The van der Waals surface area contributed by atoms with Crippen LogP contribution in [0.3, 0.4) is 0 Å². The Bertz CT molecular complexity index is 2850. The lowest BCUT2D eigenvalue weighted by atomic mass is 9.85. The van der Waals surface area contributed by atoms with Crippen molar-refractivity contribution in [1.82, 2.24) is 9.55 Å². The molecule has 1 heterocycles. The summed E-state index contributed by atoms with van der Waals surface area (Å²) < 4.78 is 2.28. The van der Waals surface area contributed by atoms with Crippen LogP contribution in [0.25, 0.3) is 88.3 Å². The molecule has 252 valence electrons. The van der Waals surface area contributed by atoms with Crippen molar-refractivity contribution < 1.29 is 0 Å². The maximum absolute atomic E-state index is 5.17. The van der Waals surface area contributed by atoms with Crippen LogP contribution in [0.5, 0.6) is 0 Å². The van der Waals surface area contributed by atoms with E-state index in [9.17, 15) is 0 Å². The van der Waals surface area contributed by atoms with Crippen molar-refractivity contribution in [1.29, 1.82) is 0 Å². The number of fused-ring (bicyclic) bond motifs is 4. The minimum atomic E-state index is 0.920. The lowest BCUT2D eigenvalue weighted by molar-refractivity contribution is 1.14. The smallest absolute Gasteiger partial charge is 0.145 e. The van der Waals surface area contributed by atoms with Gasteiger partial charge in [0, 0.05) is 11.3 Å². The summed E-state index contributed by atoms with van der Waals surface area (Å²) in [5, 5.41) is 7.53. The number of benzene rings is 8. The zero-order valence-corrected chi connectivity index (χ0v) is 29.9. The highest BCUT2D eigenvalue weighted by Crippen LogP contribution is 2.42. The van der Waals surface area contributed by atoms with E-state index in [-0.39, 0.29) is 0 Å². The molecule has 0 aliphatic carbocycles. The van der Waals surface area contributed by atoms with Crippen LogP contribution in [0.2, 0.25) is 0 Å². The Morgan fingerprint density at radius 2 is 1.15 bits per heavy atom. The summed E-state index contributed by atoms with van der Waals surface area (Å²) >= 11 is 0. The van der Waals surface area contributed by atoms with Crippen LogP contribution in [0.4, 0.5) is 0 Å². The molecule has 0 bridgehead atoms. The van der Waals surface area contributed by atoms with Gasteiger partial charge in [-0.1, -0.05) is 164 Å². The highest BCUT2D eigenvalue weighted by Gasteiger charge is 2.17. The Kier molecular flexibility index (Phi) is 8.34. The fraction of sp³-hybridized carbons (Fsp3) is 0.0392. The van der Waals surface area contributed by atoms with Gasteiger partial charge in [-0.05, 0) is 110 Å². The normalized spacial score (nSPS) is 12.5. The molecule has 0 saturated heterocycles. The Morgan fingerprint density at radius 3 is 1.91 bits per heavy atom. The molecule has 0 saturated carbocycles. The number of aromatic nitrogens is 2. The average Bonchev–Trinajstić information content (AvgIpc) is 3.61. The molecule has 0 fully saturated rings. The number of imidazole rings is 1. The summed E-state index contributed by atoms with van der Waals surface area (Å²) in [5.74, 6) is 0.920. The maximum Gasteiger partial charge on any atom is 0.145 e. The van der Waals surface area contributed by atoms with Crippen LogP contribution in [-0.4, -0.2) is 9.55 Å². The second-order valence-corrected chi connectivity index (χ2v) is 13.5.